The van der Waals surface area contributed by atoms with Crippen molar-refractivity contribution in [2.24, 2.45) is 0 Å². The highest BCUT2D eigenvalue weighted by molar-refractivity contribution is 6.29. The SMILES string of the molecule is CCN(CC)c1ccc(Cl)nc1C. The molecule has 0 saturated heterocycles. The summed E-state index contributed by atoms with van der Waals surface area (Å²) in [7, 11) is 0. The van der Waals surface area contributed by atoms with Crippen LogP contribution in [-0.2, 0) is 0 Å². The first kappa shape index (κ1) is 10.3. The smallest absolute Gasteiger partial charge is 0.129 e. The van der Waals surface area contributed by atoms with Gasteiger partial charge in [-0.1, -0.05) is 11.6 Å². The molecule has 0 aromatic carbocycles. The first-order valence-corrected chi connectivity index (χ1v) is 4.95. The standard InChI is InChI=1S/C10H15ClN2/c1-4-13(5-2)9-6-7-10(11)12-8(9)3/h6-7H,4-5H2,1-3H3. The van der Waals surface area contributed by atoms with Crippen molar-refractivity contribution >= 4 is 17.3 Å². The van der Waals surface area contributed by atoms with E-state index >= 15 is 0 Å². The fraction of sp³-hybridized carbons (Fsp3) is 0.500. The highest BCUT2D eigenvalue weighted by Crippen LogP contribution is 2.19. The number of halogens is 1. The lowest BCUT2D eigenvalue weighted by molar-refractivity contribution is 0.855. The summed E-state index contributed by atoms with van der Waals surface area (Å²) in [4.78, 5) is 6.48. The third-order valence-corrected chi connectivity index (χ3v) is 2.34. The first-order valence-electron chi connectivity index (χ1n) is 4.57. The number of rotatable bonds is 3. The minimum Gasteiger partial charge on any atom is -0.371 e. The van der Waals surface area contributed by atoms with Crippen LogP contribution in [-0.4, -0.2) is 18.1 Å². The zero-order valence-corrected chi connectivity index (χ0v) is 9.10. The van der Waals surface area contributed by atoms with E-state index < -0.39 is 0 Å². The van der Waals surface area contributed by atoms with Crippen LogP contribution >= 0.6 is 11.6 Å². The van der Waals surface area contributed by atoms with Gasteiger partial charge in [-0.25, -0.2) is 4.98 Å². The molecule has 72 valence electrons. The van der Waals surface area contributed by atoms with Crippen molar-refractivity contribution in [2.75, 3.05) is 18.0 Å². The number of nitrogens with zero attached hydrogens (tertiary/aromatic N) is 2. The van der Waals surface area contributed by atoms with Crippen LogP contribution in [0.25, 0.3) is 0 Å². The van der Waals surface area contributed by atoms with Crippen LogP contribution < -0.4 is 4.90 Å². The van der Waals surface area contributed by atoms with Crippen LogP contribution in [0.4, 0.5) is 5.69 Å². The Bertz CT molecular complexity index is 282. The summed E-state index contributed by atoms with van der Waals surface area (Å²) in [5.41, 5.74) is 2.17. The maximum atomic E-state index is 5.78. The van der Waals surface area contributed by atoms with Crippen LogP contribution in [0.3, 0.4) is 0 Å². The zero-order chi connectivity index (χ0) is 9.84. The van der Waals surface area contributed by atoms with E-state index in [-0.39, 0.29) is 0 Å². The highest BCUT2D eigenvalue weighted by atomic mass is 35.5. The molecule has 0 unspecified atom stereocenters. The maximum Gasteiger partial charge on any atom is 0.129 e. The summed E-state index contributed by atoms with van der Waals surface area (Å²) in [6.07, 6.45) is 0. The van der Waals surface area contributed by atoms with Gasteiger partial charge in [0.25, 0.3) is 0 Å². The number of hydrogen-bond donors (Lipinski definition) is 0. The lowest BCUT2D eigenvalue weighted by Crippen LogP contribution is -2.22. The minimum atomic E-state index is 0.563. The molecule has 0 bridgehead atoms. The van der Waals surface area contributed by atoms with Gasteiger partial charge >= 0.3 is 0 Å². The van der Waals surface area contributed by atoms with Crippen molar-refractivity contribution in [1.29, 1.82) is 0 Å². The second kappa shape index (κ2) is 4.47. The van der Waals surface area contributed by atoms with Gasteiger partial charge in [0, 0.05) is 13.1 Å². The van der Waals surface area contributed by atoms with Crippen molar-refractivity contribution < 1.29 is 0 Å². The van der Waals surface area contributed by atoms with Gasteiger partial charge in [-0.2, -0.15) is 0 Å². The molecule has 0 radical (unpaired) electrons. The molecule has 1 aromatic rings. The Hall–Kier alpha value is -0.760. The summed E-state index contributed by atoms with van der Waals surface area (Å²) in [5, 5.41) is 0.563. The predicted octanol–water partition coefficient (Wildman–Crippen LogP) is 2.89. The lowest BCUT2D eigenvalue weighted by atomic mass is 10.3. The quantitative estimate of drug-likeness (QED) is 0.695. The van der Waals surface area contributed by atoms with Crippen molar-refractivity contribution in [3.63, 3.8) is 0 Å². The molecule has 0 saturated carbocycles. The van der Waals surface area contributed by atoms with Crippen LogP contribution in [0, 0.1) is 6.92 Å². The number of pyridine rings is 1. The monoisotopic (exact) mass is 198 g/mol. The van der Waals surface area contributed by atoms with E-state index in [0.717, 1.165) is 18.8 Å². The summed E-state index contributed by atoms with van der Waals surface area (Å²) < 4.78 is 0. The van der Waals surface area contributed by atoms with Gasteiger partial charge in [-0.15, -0.1) is 0 Å². The van der Waals surface area contributed by atoms with Gasteiger partial charge in [0.2, 0.25) is 0 Å². The number of anilines is 1. The fourth-order valence-electron chi connectivity index (χ4n) is 1.42. The summed E-state index contributed by atoms with van der Waals surface area (Å²) in [6, 6.07) is 3.86. The summed E-state index contributed by atoms with van der Waals surface area (Å²) in [6.45, 7) is 8.26. The van der Waals surface area contributed by atoms with Crippen LogP contribution in [0.2, 0.25) is 5.15 Å². The van der Waals surface area contributed by atoms with Crippen LogP contribution in [0.1, 0.15) is 19.5 Å². The molecule has 1 aromatic heterocycles. The van der Waals surface area contributed by atoms with Gasteiger partial charge in [-0.05, 0) is 32.9 Å². The van der Waals surface area contributed by atoms with E-state index in [0.29, 0.717) is 5.15 Å². The normalized spacial score (nSPS) is 10.2. The molecular weight excluding hydrogens is 184 g/mol. The molecule has 0 spiro atoms. The van der Waals surface area contributed by atoms with Crippen LogP contribution in [0.15, 0.2) is 12.1 Å². The number of aromatic nitrogens is 1. The summed E-state index contributed by atoms with van der Waals surface area (Å²) >= 11 is 5.78. The zero-order valence-electron chi connectivity index (χ0n) is 8.34. The third-order valence-electron chi connectivity index (χ3n) is 2.13. The van der Waals surface area contributed by atoms with Crippen molar-refractivity contribution in [3.05, 3.63) is 23.0 Å². The van der Waals surface area contributed by atoms with E-state index in [9.17, 15) is 0 Å². The van der Waals surface area contributed by atoms with Crippen molar-refractivity contribution in [2.45, 2.75) is 20.8 Å². The Kier molecular flexibility index (Phi) is 3.55. The molecule has 1 rings (SSSR count). The molecule has 0 aliphatic rings. The topological polar surface area (TPSA) is 16.1 Å². The Labute approximate surface area is 84.5 Å². The average Bonchev–Trinajstić information content (AvgIpc) is 2.10. The maximum absolute atomic E-state index is 5.78. The molecule has 0 aliphatic heterocycles. The van der Waals surface area contributed by atoms with E-state index in [1.165, 1.54) is 5.69 Å². The van der Waals surface area contributed by atoms with E-state index in [2.05, 4.69) is 23.7 Å². The molecule has 0 atom stereocenters. The molecule has 0 amide bonds. The largest absolute Gasteiger partial charge is 0.371 e. The van der Waals surface area contributed by atoms with Crippen molar-refractivity contribution in [3.8, 4) is 0 Å². The second-order valence-corrected chi connectivity index (χ2v) is 3.30. The lowest BCUT2D eigenvalue weighted by Gasteiger charge is -2.22. The molecular formula is C10H15ClN2. The first-order chi connectivity index (χ1) is 6.19. The predicted molar refractivity (Wildman–Crippen MR) is 57.5 cm³/mol. The minimum absolute atomic E-state index is 0.563. The molecule has 2 nitrogen and oxygen atoms in total. The van der Waals surface area contributed by atoms with Gasteiger partial charge in [0.05, 0.1) is 11.4 Å². The number of hydrogen-bond acceptors (Lipinski definition) is 2. The van der Waals surface area contributed by atoms with Gasteiger partial charge in [0.1, 0.15) is 5.15 Å². The highest BCUT2D eigenvalue weighted by Gasteiger charge is 2.05. The molecule has 1 heterocycles. The molecule has 13 heavy (non-hydrogen) atoms. The van der Waals surface area contributed by atoms with Crippen LogP contribution in [0.5, 0.6) is 0 Å². The molecule has 0 N–H and O–H groups in total. The molecule has 3 heteroatoms. The summed E-state index contributed by atoms with van der Waals surface area (Å²) in [5.74, 6) is 0. The van der Waals surface area contributed by atoms with E-state index in [1.807, 2.05) is 19.1 Å². The second-order valence-electron chi connectivity index (χ2n) is 2.91. The Morgan fingerprint density at radius 1 is 1.31 bits per heavy atom. The van der Waals surface area contributed by atoms with Gasteiger partial charge in [-0.3, -0.25) is 0 Å². The number of aryl methyl sites for hydroxylation is 1. The van der Waals surface area contributed by atoms with Crippen molar-refractivity contribution in [1.82, 2.24) is 4.98 Å². The fourth-order valence-corrected chi connectivity index (χ4v) is 1.61. The molecule has 0 fully saturated rings. The van der Waals surface area contributed by atoms with E-state index in [4.69, 9.17) is 11.6 Å². The Balaban J connectivity index is 2.99. The van der Waals surface area contributed by atoms with E-state index in [1.54, 1.807) is 0 Å². The molecule has 0 aliphatic carbocycles. The van der Waals surface area contributed by atoms with Gasteiger partial charge < -0.3 is 4.90 Å². The Morgan fingerprint density at radius 3 is 2.38 bits per heavy atom. The Morgan fingerprint density at radius 2 is 1.92 bits per heavy atom. The van der Waals surface area contributed by atoms with Gasteiger partial charge in [0.15, 0.2) is 0 Å². The third kappa shape index (κ3) is 2.34. The average molecular weight is 199 g/mol.